The fourth-order valence-corrected chi connectivity index (χ4v) is 2.58. The predicted octanol–water partition coefficient (Wildman–Crippen LogP) is -0.0740. The lowest BCUT2D eigenvalue weighted by atomic mass is 10.2. The second-order valence-electron chi connectivity index (χ2n) is 4.39. The SMILES string of the molecule is Nc1nc(Cl)cc(N2CCN3C(=O)NCC3C2)n1. The number of piperazine rings is 1. The molecule has 2 amide bonds. The average molecular weight is 269 g/mol. The molecule has 0 radical (unpaired) electrons. The van der Waals surface area contributed by atoms with Gasteiger partial charge in [-0.05, 0) is 0 Å². The van der Waals surface area contributed by atoms with E-state index in [1.807, 2.05) is 4.90 Å². The fourth-order valence-electron chi connectivity index (χ4n) is 2.40. The van der Waals surface area contributed by atoms with Gasteiger partial charge in [0.05, 0.1) is 6.04 Å². The van der Waals surface area contributed by atoms with Crippen molar-refractivity contribution in [3.63, 3.8) is 0 Å². The molecule has 0 bridgehead atoms. The lowest BCUT2D eigenvalue weighted by Gasteiger charge is -2.37. The van der Waals surface area contributed by atoms with E-state index in [1.54, 1.807) is 6.07 Å². The first-order valence-corrected chi connectivity index (χ1v) is 6.11. The Bertz CT molecular complexity index is 475. The van der Waals surface area contributed by atoms with E-state index in [9.17, 15) is 4.79 Å². The van der Waals surface area contributed by atoms with Crippen LogP contribution in [0, 0.1) is 0 Å². The highest BCUT2D eigenvalue weighted by atomic mass is 35.5. The molecular weight excluding hydrogens is 256 g/mol. The molecule has 1 unspecified atom stereocenters. The van der Waals surface area contributed by atoms with Gasteiger partial charge in [0, 0.05) is 32.2 Å². The molecule has 0 aromatic carbocycles. The van der Waals surface area contributed by atoms with E-state index >= 15 is 0 Å². The Morgan fingerprint density at radius 1 is 1.44 bits per heavy atom. The Morgan fingerprint density at radius 3 is 3.06 bits per heavy atom. The third-order valence-electron chi connectivity index (χ3n) is 3.26. The number of urea groups is 1. The summed E-state index contributed by atoms with van der Waals surface area (Å²) in [5.74, 6) is 0.882. The van der Waals surface area contributed by atoms with E-state index in [-0.39, 0.29) is 18.0 Å². The first-order valence-electron chi connectivity index (χ1n) is 5.73. The molecule has 2 saturated heterocycles. The van der Waals surface area contributed by atoms with E-state index in [4.69, 9.17) is 17.3 Å². The van der Waals surface area contributed by atoms with Crippen molar-refractivity contribution >= 4 is 29.4 Å². The van der Waals surface area contributed by atoms with Crippen molar-refractivity contribution < 1.29 is 4.79 Å². The van der Waals surface area contributed by atoms with Crippen molar-refractivity contribution in [2.24, 2.45) is 0 Å². The van der Waals surface area contributed by atoms with Crippen molar-refractivity contribution in [2.75, 3.05) is 36.8 Å². The Kier molecular flexibility index (Phi) is 2.62. The highest BCUT2D eigenvalue weighted by Crippen LogP contribution is 2.22. The van der Waals surface area contributed by atoms with Crippen molar-refractivity contribution in [3.8, 4) is 0 Å². The molecule has 2 fully saturated rings. The number of rotatable bonds is 1. The monoisotopic (exact) mass is 268 g/mol. The molecule has 7 nitrogen and oxygen atoms in total. The van der Waals surface area contributed by atoms with Crippen LogP contribution in [0.25, 0.3) is 0 Å². The standard InChI is InChI=1S/C10H13ClN6O/c11-7-3-8(15-9(12)14-7)16-1-2-17-6(5-16)4-13-10(17)18/h3,6H,1-2,4-5H2,(H,13,18)(H2,12,14,15). The number of hydrogen-bond donors (Lipinski definition) is 2. The highest BCUT2D eigenvalue weighted by molar-refractivity contribution is 6.29. The van der Waals surface area contributed by atoms with E-state index in [0.29, 0.717) is 24.1 Å². The maximum atomic E-state index is 11.5. The highest BCUT2D eigenvalue weighted by Gasteiger charge is 2.35. The van der Waals surface area contributed by atoms with Crippen LogP contribution >= 0.6 is 11.6 Å². The fraction of sp³-hybridized carbons (Fsp3) is 0.500. The van der Waals surface area contributed by atoms with Gasteiger partial charge in [0.15, 0.2) is 0 Å². The van der Waals surface area contributed by atoms with Crippen LogP contribution in [0.2, 0.25) is 5.15 Å². The number of anilines is 2. The topological polar surface area (TPSA) is 87.4 Å². The van der Waals surface area contributed by atoms with Crippen LogP contribution in [-0.2, 0) is 0 Å². The summed E-state index contributed by atoms with van der Waals surface area (Å²) in [5, 5.41) is 3.17. The Hall–Kier alpha value is -1.76. The first-order chi connectivity index (χ1) is 8.63. The Morgan fingerprint density at radius 2 is 2.28 bits per heavy atom. The minimum Gasteiger partial charge on any atom is -0.368 e. The van der Waals surface area contributed by atoms with Gasteiger partial charge in [0.1, 0.15) is 11.0 Å². The van der Waals surface area contributed by atoms with Crippen LogP contribution < -0.4 is 16.0 Å². The molecule has 0 aliphatic carbocycles. The first kappa shape index (κ1) is 11.3. The molecule has 1 aromatic rings. The Balaban J connectivity index is 1.80. The molecule has 0 spiro atoms. The molecule has 1 atom stereocenters. The van der Waals surface area contributed by atoms with Gasteiger partial charge >= 0.3 is 6.03 Å². The number of halogens is 1. The third-order valence-corrected chi connectivity index (χ3v) is 3.45. The summed E-state index contributed by atoms with van der Waals surface area (Å²) >= 11 is 5.87. The van der Waals surface area contributed by atoms with Crippen LogP contribution in [0.1, 0.15) is 0 Å². The van der Waals surface area contributed by atoms with Crippen LogP contribution in [-0.4, -0.2) is 53.1 Å². The number of fused-ring (bicyclic) bond motifs is 1. The molecule has 18 heavy (non-hydrogen) atoms. The number of nitrogens with two attached hydrogens (primary N) is 1. The van der Waals surface area contributed by atoms with Gasteiger partial charge in [-0.15, -0.1) is 0 Å². The van der Waals surface area contributed by atoms with Crippen LogP contribution in [0.15, 0.2) is 6.07 Å². The molecule has 3 N–H and O–H groups in total. The van der Waals surface area contributed by atoms with Crippen molar-refractivity contribution in [1.29, 1.82) is 0 Å². The quantitative estimate of drug-likeness (QED) is 0.696. The molecule has 2 aliphatic rings. The molecule has 0 saturated carbocycles. The summed E-state index contributed by atoms with van der Waals surface area (Å²) < 4.78 is 0. The number of carbonyl (C=O) groups is 1. The summed E-state index contributed by atoms with van der Waals surface area (Å²) in [4.78, 5) is 23.4. The molecule has 96 valence electrons. The number of hydrogen-bond acceptors (Lipinski definition) is 5. The maximum Gasteiger partial charge on any atom is 0.317 e. The second kappa shape index (κ2) is 4.16. The molecule has 3 heterocycles. The predicted molar refractivity (Wildman–Crippen MR) is 67.6 cm³/mol. The van der Waals surface area contributed by atoms with Crippen LogP contribution in [0.5, 0.6) is 0 Å². The van der Waals surface area contributed by atoms with Crippen LogP contribution in [0.3, 0.4) is 0 Å². The number of nitrogen functional groups attached to an aromatic ring is 1. The largest absolute Gasteiger partial charge is 0.368 e. The maximum absolute atomic E-state index is 11.5. The van der Waals surface area contributed by atoms with Gasteiger partial charge in [-0.2, -0.15) is 4.98 Å². The zero-order valence-corrected chi connectivity index (χ0v) is 10.4. The summed E-state index contributed by atoms with van der Waals surface area (Å²) in [6.07, 6.45) is 0. The lowest BCUT2D eigenvalue weighted by Crippen LogP contribution is -2.52. The van der Waals surface area contributed by atoms with E-state index < -0.39 is 0 Å². The van der Waals surface area contributed by atoms with E-state index in [2.05, 4.69) is 20.2 Å². The van der Waals surface area contributed by atoms with Crippen molar-refractivity contribution in [3.05, 3.63) is 11.2 Å². The van der Waals surface area contributed by atoms with Crippen molar-refractivity contribution in [1.82, 2.24) is 20.2 Å². The van der Waals surface area contributed by atoms with Gasteiger partial charge in [0.25, 0.3) is 0 Å². The van der Waals surface area contributed by atoms with Gasteiger partial charge in [0.2, 0.25) is 5.95 Å². The smallest absolute Gasteiger partial charge is 0.317 e. The Labute approximate surface area is 109 Å². The van der Waals surface area contributed by atoms with Crippen LogP contribution in [0.4, 0.5) is 16.6 Å². The minimum atomic E-state index is 0.0138. The minimum absolute atomic E-state index is 0.0138. The number of nitrogens with zero attached hydrogens (tertiary/aromatic N) is 4. The second-order valence-corrected chi connectivity index (χ2v) is 4.77. The zero-order valence-electron chi connectivity index (χ0n) is 9.64. The number of amides is 2. The summed E-state index contributed by atoms with van der Waals surface area (Å²) in [7, 11) is 0. The zero-order chi connectivity index (χ0) is 12.7. The molecular formula is C10H13ClN6O. The molecule has 8 heteroatoms. The number of aromatic nitrogens is 2. The molecule has 3 rings (SSSR count). The van der Waals surface area contributed by atoms with E-state index in [0.717, 1.165) is 13.1 Å². The number of nitrogens with one attached hydrogen (secondary N) is 1. The summed E-state index contributed by atoms with van der Waals surface area (Å²) in [5.41, 5.74) is 5.58. The third kappa shape index (κ3) is 1.90. The van der Waals surface area contributed by atoms with Gasteiger partial charge < -0.3 is 20.9 Å². The van der Waals surface area contributed by atoms with Gasteiger partial charge in [-0.1, -0.05) is 11.6 Å². The normalized spacial score (nSPS) is 22.9. The molecule has 2 aliphatic heterocycles. The summed E-state index contributed by atoms with van der Waals surface area (Å²) in [6.45, 7) is 2.80. The van der Waals surface area contributed by atoms with Gasteiger partial charge in [-0.25, -0.2) is 9.78 Å². The average Bonchev–Trinajstić information content (AvgIpc) is 2.69. The van der Waals surface area contributed by atoms with E-state index in [1.165, 1.54) is 0 Å². The summed E-state index contributed by atoms with van der Waals surface area (Å²) in [6, 6.07) is 1.89. The number of carbonyl (C=O) groups excluding carboxylic acids is 1. The molecule has 1 aromatic heterocycles. The van der Waals surface area contributed by atoms with Crippen molar-refractivity contribution in [2.45, 2.75) is 6.04 Å². The van der Waals surface area contributed by atoms with Gasteiger partial charge in [-0.3, -0.25) is 0 Å². The lowest BCUT2D eigenvalue weighted by molar-refractivity contribution is 0.197.